The molecular weight excluding hydrogens is 242 g/mol. The van der Waals surface area contributed by atoms with Crippen molar-refractivity contribution in [3.8, 4) is 0 Å². The van der Waals surface area contributed by atoms with Crippen LogP contribution in [0.5, 0.6) is 0 Å². The van der Waals surface area contributed by atoms with E-state index in [2.05, 4.69) is 50.4 Å². The van der Waals surface area contributed by atoms with E-state index < -0.39 is 0 Å². The van der Waals surface area contributed by atoms with Crippen molar-refractivity contribution in [3.05, 3.63) is 35.4 Å². The molecule has 0 bridgehead atoms. The fourth-order valence-electron chi connectivity index (χ4n) is 1.79. The maximum Gasteiger partial charge on any atom is 0.0547 e. The molecule has 0 radical (unpaired) electrons. The van der Waals surface area contributed by atoms with Gasteiger partial charge < -0.3 is 10.4 Å². The first-order chi connectivity index (χ1) is 8.67. The first-order valence-electron chi connectivity index (χ1n) is 6.69. The quantitative estimate of drug-likeness (QED) is 0.759. The number of aliphatic hydroxyl groups is 1. The summed E-state index contributed by atoms with van der Waals surface area (Å²) in [5.74, 6) is 1.01. The highest BCUT2D eigenvalue weighted by Gasteiger charge is 2.12. The zero-order chi connectivity index (χ0) is 13.4. The Balaban J connectivity index is 2.65. The number of nitrogens with one attached hydrogen (secondary N) is 1. The summed E-state index contributed by atoms with van der Waals surface area (Å²) >= 11 is 1.82. The standard InChI is InChI=1S/C15H25NOS/c1-4-8-16-15(11-18-13(3)10-17)14-7-5-6-12(2)9-14/h5-7,9,13,15-17H,4,8,10-11H2,1-3H3. The van der Waals surface area contributed by atoms with Gasteiger partial charge in [-0.1, -0.05) is 43.7 Å². The Kier molecular flexibility index (Phi) is 7.40. The summed E-state index contributed by atoms with van der Waals surface area (Å²) in [5, 5.41) is 13.0. The molecule has 0 amide bonds. The first-order valence-corrected chi connectivity index (χ1v) is 7.74. The van der Waals surface area contributed by atoms with Gasteiger partial charge in [0.2, 0.25) is 0 Å². The minimum atomic E-state index is 0.249. The van der Waals surface area contributed by atoms with Crippen LogP contribution in [0.15, 0.2) is 24.3 Å². The number of hydrogen-bond acceptors (Lipinski definition) is 3. The summed E-state index contributed by atoms with van der Waals surface area (Å²) in [6.07, 6.45) is 1.14. The number of aryl methyl sites for hydroxylation is 1. The maximum atomic E-state index is 9.10. The average Bonchev–Trinajstić information content (AvgIpc) is 2.38. The lowest BCUT2D eigenvalue weighted by Crippen LogP contribution is -2.25. The lowest BCUT2D eigenvalue weighted by Gasteiger charge is -2.20. The molecule has 0 spiro atoms. The van der Waals surface area contributed by atoms with Gasteiger partial charge in [0.25, 0.3) is 0 Å². The highest BCUT2D eigenvalue weighted by atomic mass is 32.2. The number of thioether (sulfide) groups is 1. The molecule has 0 saturated carbocycles. The van der Waals surface area contributed by atoms with Crippen LogP contribution in [0.2, 0.25) is 0 Å². The molecule has 3 heteroatoms. The lowest BCUT2D eigenvalue weighted by molar-refractivity contribution is 0.300. The fourth-order valence-corrected chi connectivity index (χ4v) is 2.73. The molecule has 1 rings (SSSR count). The molecule has 18 heavy (non-hydrogen) atoms. The van der Waals surface area contributed by atoms with E-state index in [1.54, 1.807) is 0 Å². The monoisotopic (exact) mass is 267 g/mol. The molecule has 102 valence electrons. The van der Waals surface area contributed by atoms with Crippen molar-refractivity contribution in [3.63, 3.8) is 0 Å². The van der Waals surface area contributed by atoms with Gasteiger partial charge in [0, 0.05) is 17.0 Å². The SMILES string of the molecule is CCCNC(CSC(C)CO)c1cccc(C)c1. The average molecular weight is 267 g/mol. The van der Waals surface area contributed by atoms with E-state index in [4.69, 9.17) is 5.11 Å². The molecule has 0 aromatic heterocycles. The maximum absolute atomic E-state index is 9.10. The molecule has 2 nitrogen and oxygen atoms in total. The molecule has 0 saturated heterocycles. The molecule has 0 heterocycles. The number of benzene rings is 1. The van der Waals surface area contributed by atoms with Gasteiger partial charge in [-0.15, -0.1) is 0 Å². The Morgan fingerprint density at radius 2 is 2.17 bits per heavy atom. The lowest BCUT2D eigenvalue weighted by atomic mass is 10.1. The zero-order valence-corrected chi connectivity index (χ0v) is 12.5. The molecule has 0 aliphatic rings. The number of rotatable bonds is 8. The van der Waals surface area contributed by atoms with Crippen LogP contribution in [-0.2, 0) is 0 Å². The number of aliphatic hydroxyl groups excluding tert-OH is 1. The van der Waals surface area contributed by atoms with Gasteiger partial charge in [0.05, 0.1) is 6.61 Å². The molecule has 1 aromatic rings. The third-order valence-electron chi connectivity index (χ3n) is 2.89. The van der Waals surface area contributed by atoms with Crippen LogP contribution in [0.3, 0.4) is 0 Å². The summed E-state index contributed by atoms with van der Waals surface area (Å²) < 4.78 is 0. The van der Waals surface area contributed by atoms with Crippen LogP contribution in [0.1, 0.15) is 37.4 Å². The Morgan fingerprint density at radius 1 is 1.39 bits per heavy atom. The van der Waals surface area contributed by atoms with Crippen molar-refractivity contribution in [2.75, 3.05) is 18.9 Å². The Morgan fingerprint density at radius 3 is 2.78 bits per heavy atom. The van der Waals surface area contributed by atoms with E-state index >= 15 is 0 Å². The van der Waals surface area contributed by atoms with Crippen LogP contribution in [0, 0.1) is 6.92 Å². The molecule has 0 aliphatic heterocycles. The topological polar surface area (TPSA) is 32.3 Å². The minimum Gasteiger partial charge on any atom is -0.395 e. The third kappa shape index (κ3) is 5.42. The van der Waals surface area contributed by atoms with Crippen LogP contribution < -0.4 is 5.32 Å². The van der Waals surface area contributed by atoms with Crippen molar-refractivity contribution in [1.82, 2.24) is 5.32 Å². The molecule has 2 atom stereocenters. The zero-order valence-electron chi connectivity index (χ0n) is 11.6. The van der Waals surface area contributed by atoms with Gasteiger partial charge in [0.15, 0.2) is 0 Å². The molecular formula is C15H25NOS. The van der Waals surface area contributed by atoms with Crippen LogP contribution in [-0.4, -0.2) is 29.3 Å². The molecule has 2 N–H and O–H groups in total. The van der Waals surface area contributed by atoms with Crippen molar-refractivity contribution >= 4 is 11.8 Å². The summed E-state index contributed by atoms with van der Waals surface area (Å²) in [5.41, 5.74) is 2.65. The van der Waals surface area contributed by atoms with E-state index in [1.807, 2.05) is 11.8 Å². The molecule has 0 fully saturated rings. The summed E-state index contributed by atoms with van der Waals surface area (Å²) in [7, 11) is 0. The Bertz CT molecular complexity index is 343. The van der Waals surface area contributed by atoms with Crippen LogP contribution in [0.4, 0.5) is 0 Å². The largest absolute Gasteiger partial charge is 0.395 e. The predicted octanol–water partition coefficient (Wildman–Crippen LogP) is 3.15. The van der Waals surface area contributed by atoms with Crippen molar-refractivity contribution < 1.29 is 5.11 Å². The van der Waals surface area contributed by atoms with Crippen molar-refractivity contribution in [2.45, 2.75) is 38.5 Å². The molecule has 1 aromatic carbocycles. The van der Waals surface area contributed by atoms with Crippen molar-refractivity contribution in [2.24, 2.45) is 0 Å². The van der Waals surface area contributed by atoms with Crippen LogP contribution >= 0.6 is 11.8 Å². The van der Waals surface area contributed by atoms with Gasteiger partial charge in [0.1, 0.15) is 0 Å². The minimum absolute atomic E-state index is 0.249. The second-order valence-electron chi connectivity index (χ2n) is 4.75. The van der Waals surface area contributed by atoms with Gasteiger partial charge in [-0.3, -0.25) is 0 Å². The third-order valence-corrected chi connectivity index (χ3v) is 4.13. The second kappa shape index (κ2) is 8.57. The summed E-state index contributed by atoms with van der Waals surface area (Å²) in [6, 6.07) is 9.06. The smallest absolute Gasteiger partial charge is 0.0547 e. The van der Waals surface area contributed by atoms with Gasteiger partial charge in [-0.25, -0.2) is 0 Å². The normalized spacial score (nSPS) is 14.4. The van der Waals surface area contributed by atoms with Crippen LogP contribution in [0.25, 0.3) is 0 Å². The van der Waals surface area contributed by atoms with Gasteiger partial charge >= 0.3 is 0 Å². The molecule has 2 unspecified atom stereocenters. The summed E-state index contributed by atoms with van der Waals surface area (Å²) in [4.78, 5) is 0. The Hall–Kier alpha value is -0.510. The predicted molar refractivity (Wildman–Crippen MR) is 81.2 cm³/mol. The summed E-state index contributed by atoms with van der Waals surface area (Å²) in [6.45, 7) is 7.66. The van der Waals surface area contributed by atoms with E-state index in [1.165, 1.54) is 11.1 Å². The van der Waals surface area contributed by atoms with Gasteiger partial charge in [-0.2, -0.15) is 11.8 Å². The first kappa shape index (κ1) is 15.5. The van der Waals surface area contributed by atoms with E-state index in [-0.39, 0.29) is 6.61 Å². The highest BCUT2D eigenvalue weighted by molar-refractivity contribution is 7.99. The fraction of sp³-hybridized carbons (Fsp3) is 0.600. The number of hydrogen-bond donors (Lipinski definition) is 2. The van der Waals surface area contributed by atoms with Gasteiger partial charge in [-0.05, 0) is 25.5 Å². The van der Waals surface area contributed by atoms with E-state index in [9.17, 15) is 0 Å². The highest BCUT2D eigenvalue weighted by Crippen LogP contribution is 2.22. The Labute approximate surface area is 115 Å². The molecule has 0 aliphatic carbocycles. The van der Waals surface area contributed by atoms with E-state index in [0.29, 0.717) is 11.3 Å². The van der Waals surface area contributed by atoms with E-state index in [0.717, 1.165) is 18.7 Å². The van der Waals surface area contributed by atoms with Crippen molar-refractivity contribution in [1.29, 1.82) is 0 Å². The second-order valence-corrected chi connectivity index (χ2v) is 6.22.